The molecule has 1 saturated heterocycles. The molecular formula is C13H18ClNO. The quantitative estimate of drug-likeness (QED) is 0.857. The van der Waals surface area contributed by atoms with E-state index in [1.165, 1.54) is 6.42 Å². The zero-order valence-electron chi connectivity index (χ0n) is 9.78. The fourth-order valence-electron chi connectivity index (χ4n) is 2.19. The molecule has 1 heterocycles. The second-order valence-corrected chi connectivity index (χ2v) is 5.13. The number of benzene rings is 1. The Labute approximate surface area is 102 Å². The molecule has 1 fully saturated rings. The van der Waals surface area contributed by atoms with E-state index in [9.17, 15) is 5.11 Å². The van der Waals surface area contributed by atoms with Gasteiger partial charge in [-0.2, -0.15) is 0 Å². The number of anilines is 1. The third kappa shape index (κ3) is 2.33. The summed E-state index contributed by atoms with van der Waals surface area (Å²) in [5.74, 6) is 0.743. The summed E-state index contributed by atoms with van der Waals surface area (Å²) in [6.45, 7) is 6.17. The average Bonchev–Trinajstić information content (AvgIpc) is 2.64. The van der Waals surface area contributed by atoms with E-state index >= 15 is 0 Å². The molecular weight excluding hydrogens is 222 g/mol. The van der Waals surface area contributed by atoms with E-state index in [4.69, 9.17) is 11.6 Å². The molecule has 1 aromatic carbocycles. The lowest BCUT2D eigenvalue weighted by Crippen LogP contribution is -2.19. The van der Waals surface area contributed by atoms with Crippen LogP contribution in [0.4, 0.5) is 5.69 Å². The van der Waals surface area contributed by atoms with Crippen LogP contribution in [0.25, 0.3) is 0 Å². The summed E-state index contributed by atoms with van der Waals surface area (Å²) in [6, 6.07) is 5.84. The van der Waals surface area contributed by atoms with Gasteiger partial charge in [0.05, 0.1) is 16.8 Å². The van der Waals surface area contributed by atoms with Crippen molar-refractivity contribution < 1.29 is 5.11 Å². The molecule has 0 saturated carbocycles. The minimum absolute atomic E-state index is 0.455. The van der Waals surface area contributed by atoms with Gasteiger partial charge in [-0.25, -0.2) is 0 Å². The fourth-order valence-corrected chi connectivity index (χ4v) is 2.50. The summed E-state index contributed by atoms with van der Waals surface area (Å²) in [7, 11) is 0. The van der Waals surface area contributed by atoms with Crippen molar-refractivity contribution in [3.05, 3.63) is 28.8 Å². The first-order valence-corrected chi connectivity index (χ1v) is 6.18. The molecule has 3 heteroatoms. The van der Waals surface area contributed by atoms with Crippen LogP contribution in [0.15, 0.2) is 18.2 Å². The van der Waals surface area contributed by atoms with Crippen LogP contribution in [0.2, 0.25) is 5.02 Å². The zero-order valence-corrected chi connectivity index (χ0v) is 10.5. The van der Waals surface area contributed by atoms with Gasteiger partial charge in [0.1, 0.15) is 0 Å². The summed E-state index contributed by atoms with van der Waals surface area (Å²) >= 11 is 6.25. The number of hydrogen-bond donors (Lipinski definition) is 1. The maximum atomic E-state index is 9.47. The van der Waals surface area contributed by atoms with E-state index in [1.807, 2.05) is 18.2 Å². The van der Waals surface area contributed by atoms with Crippen molar-refractivity contribution in [1.29, 1.82) is 0 Å². The predicted octanol–water partition coefficient (Wildman–Crippen LogP) is 3.24. The van der Waals surface area contributed by atoms with Crippen molar-refractivity contribution in [2.75, 3.05) is 18.0 Å². The predicted molar refractivity (Wildman–Crippen MR) is 68.1 cm³/mol. The Bertz CT molecular complexity index is 378. The van der Waals surface area contributed by atoms with E-state index in [0.29, 0.717) is 0 Å². The first-order valence-electron chi connectivity index (χ1n) is 5.80. The molecule has 16 heavy (non-hydrogen) atoms. The van der Waals surface area contributed by atoms with Crippen molar-refractivity contribution in [3.63, 3.8) is 0 Å². The second-order valence-electron chi connectivity index (χ2n) is 4.73. The van der Waals surface area contributed by atoms with Crippen LogP contribution >= 0.6 is 11.6 Å². The smallest absolute Gasteiger partial charge is 0.0762 e. The minimum Gasteiger partial charge on any atom is -0.389 e. The van der Waals surface area contributed by atoms with E-state index in [-0.39, 0.29) is 0 Å². The van der Waals surface area contributed by atoms with Crippen molar-refractivity contribution in [2.45, 2.75) is 26.4 Å². The van der Waals surface area contributed by atoms with Gasteiger partial charge in [0.15, 0.2) is 0 Å². The summed E-state index contributed by atoms with van der Waals surface area (Å²) in [5.41, 5.74) is 1.97. The van der Waals surface area contributed by atoms with Gasteiger partial charge >= 0.3 is 0 Å². The summed E-state index contributed by atoms with van der Waals surface area (Å²) in [5, 5.41) is 10.2. The normalized spacial score (nSPS) is 22.5. The van der Waals surface area contributed by atoms with Crippen molar-refractivity contribution >= 4 is 17.3 Å². The molecule has 1 aliphatic rings. The molecule has 2 atom stereocenters. The molecule has 1 N–H and O–H groups in total. The number of hydrogen-bond acceptors (Lipinski definition) is 2. The summed E-state index contributed by atoms with van der Waals surface area (Å²) < 4.78 is 0. The molecule has 0 aromatic heterocycles. The van der Waals surface area contributed by atoms with E-state index in [1.54, 1.807) is 6.92 Å². The van der Waals surface area contributed by atoms with Crippen LogP contribution < -0.4 is 4.90 Å². The van der Waals surface area contributed by atoms with Gasteiger partial charge < -0.3 is 10.0 Å². The first kappa shape index (κ1) is 11.7. The van der Waals surface area contributed by atoms with Gasteiger partial charge in [0, 0.05) is 13.1 Å². The monoisotopic (exact) mass is 239 g/mol. The van der Waals surface area contributed by atoms with E-state index in [0.717, 1.165) is 35.3 Å². The molecule has 0 spiro atoms. The van der Waals surface area contributed by atoms with Crippen molar-refractivity contribution in [2.24, 2.45) is 5.92 Å². The molecule has 1 aromatic rings. The highest BCUT2D eigenvalue weighted by Crippen LogP contribution is 2.32. The first-order chi connectivity index (χ1) is 7.58. The Morgan fingerprint density at radius 2 is 2.25 bits per heavy atom. The van der Waals surface area contributed by atoms with Crippen LogP contribution in [0.3, 0.4) is 0 Å². The highest BCUT2D eigenvalue weighted by Gasteiger charge is 2.20. The highest BCUT2D eigenvalue weighted by molar-refractivity contribution is 6.33. The number of aliphatic hydroxyl groups is 1. The third-order valence-electron chi connectivity index (χ3n) is 3.22. The molecule has 0 aliphatic carbocycles. The molecule has 0 radical (unpaired) electrons. The van der Waals surface area contributed by atoms with Crippen molar-refractivity contribution in [3.8, 4) is 0 Å². The van der Waals surface area contributed by atoms with Gasteiger partial charge in [-0.05, 0) is 37.0 Å². The van der Waals surface area contributed by atoms with Crippen LogP contribution in [0.1, 0.15) is 31.9 Å². The van der Waals surface area contributed by atoms with Gasteiger partial charge in [-0.15, -0.1) is 0 Å². The van der Waals surface area contributed by atoms with E-state index in [2.05, 4.69) is 11.8 Å². The topological polar surface area (TPSA) is 23.5 Å². The molecule has 1 unspecified atom stereocenters. The van der Waals surface area contributed by atoms with Crippen molar-refractivity contribution in [1.82, 2.24) is 0 Å². The number of halogens is 1. The van der Waals surface area contributed by atoms with Gasteiger partial charge in [-0.3, -0.25) is 0 Å². The molecule has 0 amide bonds. The number of aliphatic hydroxyl groups excluding tert-OH is 1. The van der Waals surface area contributed by atoms with Gasteiger partial charge in [0.25, 0.3) is 0 Å². The fraction of sp³-hybridized carbons (Fsp3) is 0.538. The van der Waals surface area contributed by atoms with Crippen LogP contribution in [0.5, 0.6) is 0 Å². The molecule has 1 aliphatic heterocycles. The highest BCUT2D eigenvalue weighted by atomic mass is 35.5. The summed E-state index contributed by atoms with van der Waals surface area (Å²) in [4.78, 5) is 2.32. The molecule has 88 valence electrons. The Balaban J connectivity index is 2.22. The average molecular weight is 240 g/mol. The Morgan fingerprint density at radius 3 is 2.75 bits per heavy atom. The maximum absolute atomic E-state index is 9.47. The number of nitrogens with zero attached hydrogens (tertiary/aromatic N) is 1. The van der Waals surface area contributed by atoms with E-state index < -0.39 is 6.10 Å². The Kier molecular flexibility index (Phi) is 3.41. The van der Waals surface area contributed by atoms with Crippen LogP contribution in [-0.4, -0.2) is 18.2 Å². The number of rotatable bonds is 2. The minimum atomic E-state index is -0.455. The second kappa shape index (κ2) is 4.64. The van der Waals surface area contributed by atoms with Crippen LogP contribution in [-0.2, 0) is 0 Å². The third-order valence-corrected chi connectivity index (χ3v) is 3.52. The van der Waals surface area contributed by atoms with Gasteiger partial charge in [-0.1, -0.05) is 24.6 Å². The van der Waals surface area contributed by atoms with Crippen LogP contribution in [0, 0.1) is 5.92 Å². The Hall–Kier alpha value is -0.730. The maximum Gasteiger partial charge on any atom is 0.0762 e. The molecule has 2 nitrogen and oxygen atoms in total. The lowest BCUT2D eigenvalue weighted by molar-refractivity contribution is 0.199. The molecule has 0 bridgehead atoms. The lowest BCUT2D eigenvalue weighted by atomic mass is 10.1. The largest absolute Gasteiger partial charge is 0.389 e. The SMILES string of the molecule is CC1CCN(c2ccc([C@@H](C)O)cc2Cl)C1. The standard InChI is InChI=1S/C13H18ClNO/c1-9-5-6-15(8-9)13-4-3-11(10(2)16)7-12(13)14/h3-4,7,9-10,16H,5-6,8H2,1-2H3/t9?,10-/m1/s1. The van der Waals surface area contributed by atoms with Gasteiger partial charge in [0.2, 0.25) is 0 Å². The molecule has 2 rings (SSSR count). The Morgan fingerprint density at radius 1 is 1.50 bits per heavy atom. The lowest BCUT2D eigenvalue weighted by Gasteiger charge is -2.20. The summed E-state index contributed by atoms with van der Waals surface area (Å²) in [6.07, 6.45) is 0.776. The zero-order chi connectivity index (χ0) is 11.7.